The molecule has 1 aromatic carbocycles. The molecule has 2 aromatic rings. The lowest BCUT2D eigenvalue weighted by Crippen LogP contribution is -2.12. The zero-order valence-electron chi connectivity index (χ0n) is 9.26. The second kappa shape index (κ2) is 5.23. The fourth-order valence-corrected chi connectivity index (χ4v) is 1.48. The molecule has 1 amide bonds. The third-order valence-electron chi connectivity index (χ3n) is 2.34. The lowest BCUT2D eigenvalue weighted by Gasteiger charge is -2.05. The van der Waals surface area contributed by atoms with E-state index in [1.165, 1.54) is 0 Å². The van der Waals surface area contributed by atoms with Gasteiger partial charge in [0.15, 0.2) is 0 Å². The molecule has 0 saturated heterocycles. The van der Waals surface area contributed by atoms with Crippen LogP contribution in [0, 0.1) is 0 Å². The molecular weight excluding hydrogens is 214 g/mol. The van der Waals surface area contributed by atoms with Gasteiger partial charge in [0.05, 0.1) is 11.9 Å². The van der Waals surface area contributed by atoms with Gasteiger partial charge in [-0.05, 0) is 29.8 Å². The number of aromatic nitrogens is 1. The zero-order chi connectivity index (χ0) is 12.1. The van der Waals surface area contributed by atoms with Crippen LogP contribution in [-0.4, -0.2) is 10.9 Å². The number of pyridine rings is 1. The number of nitrogens with one attached hydrogen (secondary N) is 1. The molecule has 2 rings (SSSR count). The quantitative estimate of drug-likeness (QED) is 0.840. The first-order valence-electron chi connectivity index (χ1n) is 5.30. The smallest absolute Gasteiger partial charge is 0.255 e. The molecule has 0 unspecified atom stereocenters. The average Bonchev–Trinajstić information content (AvgIpc) is 2.40. The van der Waals surface area contributed by atoms with Crippen LogP contribution in [0.15, 0.2) is 48.8 Å². The summed E-state index contributed by atoms with van der Waals surface area (Å²) in [5.74, 6) is -0.159. The number of anilines is 1. The molecule has 0 fully saturated rings. The molecule has 0 radical (unpaired) electrons. The Kier molecular flexibility index (Phi) is 3.47. The molecule has 4 nitrogen and oxygen atoms in total. The van der Waals surface area contributed by atoms with E-state index in [4.69, 9.17) is 5.73 Å². The molecule has 17 heavy (non-hydrogen) atoms. The molecule has 3 N–H and O–H groups in total. The van der Waals surface area contributed by atoms with E-state index in [9.17, 15) is 4.79 Å². The van der Waals surface area contributed by atoms with Crippen LogP contribution in [0.4, 0.5) is 5.69 Å². The van der Waals surface area contributed by atoms with Crippen molar-refractivity contribution in [1.29, 1.82) is 0 Å². The summed E-state index contributed by atoms with van der Waals surface area (Å²) in [5.41, 5.74) is 7.73. The highest BCUT2D eigenvalue weighted by atomic mass is 16.1. The Balaban J connectivity index is 2.14. The minimum absolute atomic E-state index is 0.159. The third-order valence-corrected chi connectivity index (χ3v) is 2.34. The van der Waals surface area contributed by atoms with Crippen LogP contribution in [0.5, 0.6) is 0 Å². The van der Waals surface area contributed by atoms with Gasteiger partial charge in [0.1, 0.15) is 0 Å². The van der Waals surface area contributed by atoms with Crippen LogP contribution >= 0.6 is 0 Å². The SMILES string of the molecule is NCc1cccc(C(=O)Nc2cccnc2)c1. The highest BCUT2D eigenvalue weighted by molar-refractivity contribution is 6.04. The van der Waals surface area contributed by atoms with Gasteiger partial charge < -0.3 is 11.1 Å². The Morgan fingerprint density at radius 3 is 2.88 bits per heavy atom. The van der Waals surface area contributed by atoms with E-state index in [1.54, 1.807) is 36.7 Å². The van der Waals surface area contributed by atoms with Crippen LogP contribution in [0.1, 0.15) is 15.9 Å². The van der Waals surface area contributed by atoms with Crippen LogP contribution in [0.2, 0.25) is 0 Å². The molecule has 0 bridgehead atoms. The standard InChI is InChI=1S/C13H13N3O/c14-8-10-3-1-4-11(7-10)13(17)16-12-5-2-6-15-9-12/h1-7,9H,8,14H2,(H,16,17). The van der Waals surface area contributed by atoms with E-state index in [1.807, 2.05) is 12.1 Å². The predicted molar refractivity (Wildman–Crippen MR) is 66.5 cm³/mol. The molecule has 4 heteroatoms. The molecule has 1 heterocycles. The number of hydrogen-bond acceptors (Lipinski definition) is 3. The van der Waals surface area contributed by atoms with Gasteiger partial charge in [0, 0.05) is 18.3 Å². The monoisotopic (exact) mass is 227 g/mol. The van der Waals surface area contributed by atoms with Gasteiger partial charge in [-0.15, -0.1) is 0 Å². The first kappa shape index (κ1) is 11.3. The van der Waals surface area contributed by atoms with Crippen molar-refractivity contribution in [3.05, 3.63) is 59.9 Å². The van der Waals surface area contributed by atoms with Crippen molar-refractivity contribution < 1.29 is 4.79 Å². The van der Waals surface area contributed by atoms with E-state index in [2.05, 4.69) is 10.3 Å². The van der Waals surface area contributed by atoms with Gasteiger partial charge in [-0.25, -0.2) is 0 Å². The van der Waals surface area contributed by atoms with Crippen molar-refractivity contribution in [2.24, 2.45) is 5.73 Å². The minimum Gasteiger partial charge on any atom is -0.326 e. The summed E-state index contributed by atoms with van der Waals surface area (Å²) in [6.07, 6.45) is 3.26. The summed E-state index contributed by atoms with van der Waals surface area (Å²) in [7, 11) is 0. The van der Waals surface area contributed by atoms with Crippen LogP contribution in [0.25, 0.3) is 0 Å². The number of nitrogens with zero attached hydrogens (tertiary/aromatic N) is 1. The average molecular weight is 227 g/mol. The predicted octanol–water partition coefficient (Wildman–Crippen LogP) is 1.79. The fourth-order valence-electron chi connectivity index (χ4n) is 1.48. The van der Waals surface area contributed by atoms with Crippen molar-refractivity contribution >= 4 is 11.6 Å². The van der Waals surface area contributed by atoms with Crippen LogP contribution in [-0.2, 0) is 6.54 Å². The van der Waals surface area contributed by atoms with E-state index in [-0.39, 0.29) is 5.91 Å². The van der Waals surface area contributed by atoms with Gasteiger partial charge in [0.2, 0.25) is 0 Å². The second-order valence-corrected chi connectivity index (χ2v) is 3.60. The van der Waals surface area contributed by atoms with Gasteiger partial charge in [0.25, 0.3) is 5.91 Å². The summed E-state index contributed by atoms with van der Waals surface area (Å²) in [6.45, 7) is 0.425. The lowest BCUT2D eigenvalue weighted by molar-refractivity contribution is 0.102. The van der Waals surface area contributed by atoms with Gasteiger partial charge in [-0.3, -0.25) is 9.78 Å². The highest BCUT2D eigenvalue weighted by Crippen LogP contribution is 2.09. The number of rotatable bonds is 3. The fraction of sp³-hybridized carbons (Fsp3) is 0.0769. The lowest BCUT2D eigenvalue weighted by atomic mass is 10.1. The van der Waals surface area contributed by atoms with Crippen molar-refractivity contribution in [1.82, 2.24) is 4.98 Å². The Bertz CT molecular complexity index is 511. The zero-order valence-corrected chi connectivity index (χ0v) is 9.26. The summed E-state index contributed by atoms with van der Waals surface area (Å²) >= 11 is 0. The molecule has 0 saturated carbocycles. The molecule has 0 atom stereocenters. The van der Waals surface area contributed by atoms with Crippen LogP contribution < -0.4 is 11.1 Å². The number of hydrogen-bond donors (Lipinski definition) is 2. The topological polar surface area (TPSA) is 68.0 Å². The minimum atomic E-state index is -0.159. The van der Waals surface area contributed by atoms with Crippen molar-refractivity contribution in [2.45, 2.75) is 6.54 Å². The normalized spacial score (nSPS) is 9.94. The van der Waals surface area contributed by atoms with E-state index in [0.29, 0.717) is 17.8 Å². The van der Waals surface area contributed by atoms with E-state index in [0.717, 1.165) is 5.56 Å². The first-order valence-corrected chi connectivity index (χ1v) is 5.30. The second-order valence-electron chi connectivity index (χ2n) is 3.60. The molecular formula is C13H13N3O. The highest BCUT2D eigenvalue weighted by Gasteiger charge is 2.06. The molecule has 0 aliphatic carbocycles. The number of amides is 1. The number of carbonyl (C=O) groups is 1. The third kappa shape index (κ3) is 2.89. The Morgan fingerprint density at radius 2 is 2.18 bits per heavy atom. The summed E-state index contributed by atoms with van der Waals surface area (Å²) in [4.78, 5) is 15.8. The van der Waals surface area contributed by atoms with Gasteiger partial charge in [-0.1, -0.05) is 12.1 Å². The Hall–Kier alpha value is -2.20. The van der Waals surface area contributed by atoms with E-state index < -0.39 is 0 Å². The molecule has 0 aliphatic rings. The number of carbonyl (C=O) groups excluding carboxylic acids is 1. The van der Waals surface area contributed by atoms with Crippen LogP contribution in [0.3, 0.4) is 0 Å². The maximum Gasteiger partial charge on any atom is 0.255 e. The Morgan fingerprint density at radius 1 is 1.29 bits per heavy atom. The van der Waals surface area contributed by atoms with Gasteiger partial charge >= 0.3 is 0 Å². The largest absolute Gasteiger partial charge is 0.326 e. The maximum atomic E-state index is 11.9. The van der Waals surface area contributed by atoms with Crippen molar-refractivity contribution in [3.8, 4) is 0 Å². The first-order chi connectivity index (χ1) is 8.29. The summed E-state index contributed by atoms with van der Waals surface area (Å²) < 4.78 is 0. The number of nitrogens with two attached hydrogens (primary N) is 1. The molecule has 0 spiro atoms. The summed E-state index contributed by atoms with van der Waals surface area (Å²) in [5, 5.41) is 2.77. The van der Waals surface area contributed by atoms with Gasteiger partial charge in [-0.2, -0.15) is 0 Å². The van der Waals surface area contributed by atoms with E-state index >= 15 is 0 Å². The number of benzene rings is 1. The molecule has 1 aromatic heterocycles. The summed E-state index contributed by atoms with van der Waals surface area (Å²) in [6, 6.07) is 10.8. The Labute approximate surface area is 99.5 Å². The maximum absolute atomic E-state index is 11.9. The molecule has 86 valence electrons. The molecule has 0 aliphatic heterocycles. The van der Waals surface area contributed by atoms with Crippen molar-refractivity contribution in [3.63, 3.8) is 0 Å². The van der Waals surface area contributed by atoms with Crippen molar-refractivity contribution in [2.75, 3.05) is 5.32 Å².